The first-order valence-corrected chi connectivity index (χ1v) is 4.83. The Balaban J connectivity index is 2.16. The van der Waals surface area contributed by atoms with Crippen molar-refractivity contribution >= 4 is 0 Å². The van der Waals surface area contributed by atoms with Crippen LogP contribution in [-0.2, 0) is 0 Å². The van der Waals surface area contributed by atoms with Gasteiger partial charge in [0.2, 0.25) is 0 Å². The van der Waals surface area contributed by atoms with Crippen molar-refractivity contribution in [3.05, 3.63) is 35.4 Å². The van der Waals surface area contributed by atoms with Crippen LogP contribution in [0.1, 0.15) is 30.4 Å². The number of aryl methyl sites for hydroxylation is 1. The molecule has 1 aliphatic rings. The van der Waals surface area contributed by atoms with Crippen LogP contribution in [0.15, 0.2) is 24.3 Å². The van der Waals surface area contributed by atoms with Crippen molar-refractivity contribution in [2.24, 2.45) is 5.41 Å². The van der Waals surface area contributed by atoms with Crippen LogP contribution < -0.4 is 0 Å². The third-order valence-electron chi connectivity index (χ3n) is 3.19. The van der Waals surface area contributed by atoms with Crippen LogP contribution >= 0.6 is 0 Å². The number of hydrogen-bond donors (Lipinski definition) is 1. The van der Waals surface area contributed by atoms with E-state index in [2.05, 4.69) is 38.1 Å². The lowest BCUT2D eigenvalue weighted by molar-refractivity contribution is 0.220. The summed E-state index contributed by atoms with van der Waals surface area (Å²) in [5.41, 5.74) is 2.84. The van der Waals surface area contributed by atoms with Gasteiger partial charge in [0.25, 0.3) is 0 Å². The molecule has 1 aromatic carbocycles. The highest BCUT2D eigenvalue weighted by Gasteiger charge is 2.49. The first kappa shape index (κ1) is 8.76. The maximum Gasteiger partial charge on any atom is 0.0490 e. The summed E-state index contributed by atoms with van der Waals surface area (Å²) in [6, 6.07) is 8.65. The van der Waals surface area contributed by atoms with E-state index in [4.69, 9.17) is 5.11 Å². The van der Waals surface area contributed by atoms with Crippen molar-refractivity contribution < 1.29 is 5.11 Å². The van der Waals surface area contributed by atoms with E-state index in [9.17, 15) is 0 Å². The van der Waals surface area contributed by atoms with Crippen LogP contribution in [0.2, 0.25) is 0 Å². The standard InChI is InChI=1S/C12H16O/c1-9-3-5-10(6-4-9)11-7-12(11,2)8-13/h3-6,11,13H,7-8H2,1-2H3. The molecule has 0 aliphatic heterocycles. The molecule has 1 saturated carbocycles. The average Bonchev–Trinajstić information content (AvgIpc) is 2.81. The Hall–Kier alpha value is -0.820. The second kappa shape index (κ2) is 2.85. The zero-order chi connectivity index (χ0) is 9.47. The van der Waals surface area contributed by atoms with Gasteiger partial charge in [0.1, 0.15) is 0 Å². The molecule has 1 heteroatoms. The Bertz CT molecular complexity index is 301. The van der Waals surface area contributed by atoms with Crippen molar-refractivity contribution in [2.45, 2.75) is 26.2 Å². The van der Waals surface area contributed by atoms with Crippen LogP contribution in [0.25, 0.3) is 0 Å². The number of aliphatic hydroxyl groups is 1. The molecule has 1 nitrogen and oxygen atoms in total. The molecule has 0 amide bonds. The molecule has 0 spiro atoms. The zero-order valence-electron chi connectivity index (χ0n) is 8.25. The Morgan fingerprint density at radius 2 is 2.00 bits per heavy atom. The molecule has 1 fully saturated rings. The van der Waals surface area contributed by atoms with E-state index >= 15 is 0 Å². The molecular weight excluding hydrogens is 160 g/mol. The monoisotopic (exact) mass is 176 g/mol. The molecule has 0 aromatic heterocycles. The fourth-order valence-corrected chi connectivity index (χ4v) is 1.90. The van der Waals surface area contributed by atoms with E-state index in [0.717, 1.165) is 6.42 Å². The molecule has 0 saturated heterocycles. The van der Waals surface area contributed by atoms with Crippen molar-refractivity contribution in [1.82, 2.24) is 0 Å². The summed E-state index contributed by atoms with van der Waals surface area (Å²) in [4.78, 5) is 0. The quantitative estimate of drug-likeness (QED) is 0.734. The van der Waals surface area contributed by atoms with E-state index in [1.165, 1.54) is 11.1 Å². The molecule has 1 aliphatic carbocycles. The van der Waals surface area contributed by atoms with Crippen molar-refractivity contribution in [3.63, 3.8) is 0 Å². The van der Waals surface area contributed by atoms with E-state index in [-0.39, 0.29) is 5.41 Å². The Morgan fingerprint density at radius 1 is 1.38 bits per heavy atom. The molecule has 2 unspecified atom stereocenters. The summed E-state index contributed by atoms with van der Waals surface area (Å²) in [7, 11) is 0. The largest absolute Gasteiger partial charge is 0.396 e. The van der Waals surface area contributed by atoms with Gasteiger partial charge in [-0.1, -0.05) is 36.8 Å². The highest BCUT2D eigenvalue weighted by Crippen LogP contribution is 2.58. The predicted octanol–water partition coefficient (Wildman–Crippen LogP) is 2.48. The number of rotatable bonds is 2. The summed E-state index contributed by atoms with van der Waals surface area (Å²) in [6.45, 7) is 4.56. The molecule has 1 aromatic rings. The smallest absolute Gasteiger partial charge is 0.0490 e. The van der Waals surface area contributed by atoms with Gasteiger partial charge in [-0.15, -0.1) is 0 Å². The van der Waals surface area contributed by atoms with Crippen LogP contribution in [0.5, 0.6) is 0 Å². The molecular formula is C12H16O. The second-order valence-electron chi connectivity index (χ2n) is 4.48. The van der Waals surface area contributed by atoms with E-state index < -0.39 is 0 Å². The van der Waals surface area contributed by atoms with Gasteiger partial charge in [-0.3, -0.25) is 0 Å². The van der Waals surface area contributed by atoms with Crippen molar-refractivity contribution in [1.29, 1.82) is 0 Å². The first-order valence-electron chi connectivity index (χ1n) is 4.83. The van der Waals surface area contributed by atoms with Gasteiger partial charge in [0.05, 0.1) is 0 Å². The maximum atomic E-state index is 9.15. The van der Waals surface area contributed by atoms with Gasteiger partial charge >= 0.3 is 0 Å². The third kappa shape index (κ3) is 1.49. The van der Waals surface area contributed by atoms with Gasteiger partial charge in [-0.2, -0.15) is 0 Å². The highest BCUT2D eigenvalue weighted by atomic mass is 16.3. The van der Waals surface area contributed by atoms with E-state index in [1.54, 1.807) is 0 Å². The van der Waals surface area contributed by atoms with Crippen molar-refractivity contribution in [3.8, 4) is 0 Å². The van der Waals surface area contributed by atoms with Gasteiger partial charge in [0.15, 0.2) is 0 Å². The Morgan fingerprint density at radius 3 is 2.46 bits per heavy atom. The fourth-order valence-electron chi connectivity index (χ4n) is 1.90. The van der Waals surface area contributed by atoms with Gasteiger partial charge < -0.3 is 5.11 Å². The Labute approximate surface area is 79.4 Å². The minimum absolute atomic E-state index is 0.162. The van der Waals surface area contributed by atoms with Crippen LogP contribution in [-0.4, -0.2) is 11.7 Å². The first-order chi connectivity index (χ1) is 6.15. The van der Waals surface area contributed by atoms with E-state index in [1.807, 2.05) is 0 Å². The third-order valence-corrected chi connectivity index (χ3v) is 3.19. The van der Waals surface area contributed by atoms with Crippen LogP contribution in [0.3, 0.4) is 0 Å². The topological polar surface area (TPSA) is 20.2 Å². The molecule has 70 valence electrons. The summed E-state index contributed by atoms with van der Waals surface area (Å²) in [5, 5.41) is 9.15. The fraction of sp³-hybridized carbons (Fsp3) is 0.500. The maximum absolute atomic E-state index is 9.15. The lowest BCUT2D eigenvalue weighted by Crippen LogP contribution is -2.03. The minimum atomic E-state index is 0.162. The summed E-state index contributed by atoms with van der Waals surface area (Å²) in [6.07, 6.45) is 1.13. The molecule has 2 atom stereocenters. The Kier molecular flexibility index (Phi) is 1.92. The molecule has 0 radical (unpaired) electrons. The van der Waals surface area contributed by atoms with Gasteiger partial charge in [-0.05, 0) is 30.2 Å². The summed E-state index contributed by atoms with van der Waals surface area (Å²) >= 11 is 0. The number of aliphatic hydroxyl groups excluding tert-OH is 1. The highest BCUT2D eigenvalue weighted by molar-refractivity contribution is 5.31. The number of hydrogen-bond acceptors (Lipinski definition) is 1. The van der Waals surface area contributed by atoms with Crippen molar-refractivity contribution in [2.75, 3.05) is 6.61 Å². The SMILES string of the molecule is Cc1ccc(C2CC2(C)CO)cc1. The lowest BCUT2D eigenvalue weighted by atomic mass is 10.0. The lowest BCUT2D eigenvalue weighted by Gasteiger charge is -2.06. The van der Waals surface area contributed by atoms with E-state index in [0.29, 0.717) is 12.5 Å². The minimum Gasteiger partial charge on any atom is -0.396 e. The molecule has 2 rings (SSSR count). The average molecular weight is 176 g/mol. The second-order valence-corrected chi connectivity index (χ2v) is 4.48. The summed E-state index contributed by atoms with van der Waals surface area (Å²) < 4.78 is 0. The van der Waals surface area contributed by atoms with Gasteiger partial charge in [-0.25, -0.2) is 0 Å². The molecule has 0 heterocycles. The molecule has 1 N–H and O–H groups in total. The molecule has 13 heavy (non-hydrogen) atoms. The number of benzene rings is 1. The predicted molar refractivity (Wildman–Crippen MR) is 53.7 cm³/mol. The normalized spacial score (nSPS) is 31.8. The van der Waals surface area contributed by atoms with Crippen LogP contribution in [0, 0.1) is 12.3 Å². The van der Waals surface area contributed by atoms with Crippen LogP contribution in [0.4, 0.5) is 0 Å². The van der Waals surface area contributed by atoms with Gasteiger partial charge in [0, 0.05) is 6.61 Å². The zero-order valence-corrected chi connectivity index (χ0v) is 8.25. The molecule has 0 bridgehead atoms. The summed E-state index contributed by atoms with van der Waals surface area (Å²) in [5.74, 6) is 0.582.